The van der Waals surface area contributed by atoms with E-state index in [1.807, 2.05) is 0 Å². The van der Waals surface area contributed by atoms with E-state index in [0.717, 1.165) is 0 Å². The molecule has 23 heavy (non-hydrogen) atoms. The Kier molecular flexibility index (Phi) is 5.40. The summed E-state index contributed by atoms with van der Waals surface area (Å²) in [7, 11) is 0. The second-order valence-electron chi connectivity index (χ2n) is 5.02. The third-order valence-corrected chi connectivity index (χ3v) is 4.25. The first-order valence-electron chi connectivity index (χ1n) is 6.96. The van der Waals surface area contributed by atoms with Crippen LogP contribution in [0, 0.1) is 0 Å². The van der Waals surface area contributed by atoms with Crippen molar-refractivity contribution in [2.24, 2.45) is 5.73 Å². The number of amides is 3. The van der Waals surface area contributed by atoms with Gasteiger partial charge in [-0.2, -0.15) is 13.2 Å². The largest absolute Gasteiger partial charge is 0.446 e. The molecule has 0 aromatic heterocycles. The van der Waals surface area contributed by atoms with Gasteiger partial charge in [-0.15, -0.1) is 0 Å². The molecule has 2 rings (SSSR count). The van der Waals surface area contributed by atoms with Gasteiger partial charge in [0.15, 0.2) is 0 Å². The van der Waals surface area contributed by atoms with E-state index in [0.29, 0.717) is 19.5 Å². The molecule has 9 heteroatoms. The Balaban J connectivity index is 2.16. The molecule has 3 amide bonds. The zero-order chi connectivity index (χ0) is 17.0. The summed E-state index contributed by atoms with van der Waals surface area (Å²) in [5.41, 5.74) is 0.774. The molecule has 0 unspecified atom stereocenters. The van der Waals surface area contributed by atoms with E-state index in [1.54, 1.807) is 0 Å². The fourth-order valence-corrected chi connectivity index (χ4v) is 3.03. The fourth-order valence-electron chi connectivity index (χ4n) is 2.37. The quantitative estimate of drug-likeness (QED) is 0.836. The van der Waals surface area contributed by atoms with Crippen molar-refractivity contribution < 1.29 is 22.8 Å². The number of hydrogen-bond donors (Lipinski definition) is 1. The fraction of sp³-hybridized carbons (Fsp3) is 0.429. The Morgan fingerprint density at radius 3 is 2.30 bits per heavy atom. The highest BCUT2D eigenvalue weighted by Gasteiger charge is 2.32. The summed E-state index contributed by atoms with van der Waals surface area (Å²) in [5, 5.41) is 0. The average molecular weight is 347 g/mol. The highest BCUT2D eigenvalue weighted by atomic mass is 32.2. The molecule has 0 saturated carbocycles. The van der Waals surface area contributed by atoms with Crippen molar-refractivity contribution in [1.29, 1.82) is 0 Å². The normalized spacial score (nSPS) is 16.1. The number of primary amides is 1. The van der Waals surface area contributed by atoms with Crippen LogP contribution in [-0.2, 0) is 0 Å². The minimum atomic E-state index is -4.46. The van der Waals surface area contributed by atoms with E-state index in [9.17, 15) is 22.8 Å². The number of hydrogen-bond acceptors (Lipinski definition) is 3. The highest BCUT2D eigenvalue weighted by Crippen LogP contribution is 2.38. The van der Waals surface area contributed by atoms with Gasteiger partial charge in [0.05, 0.1) is 5.56 Å². The Morgan fingerprint density at radius 1 is 1.04 bits per heavy atom. The Labute approximate surface area is 135 Å². The topological polar surface area (TPSA) is 66.6 Å². The number of carbonyl (C=O) groups excluding carboxylic acids is 2. The molecule has 0 spiro atoms. The average Bonchev–Trinajstić information content (AvgIpc) is 2.71. The molecule has 0 radical (unpaired) electrons. The lowest BCUT2D eigenvalue weighted by Gasteiger charge is -2.22. The zero-order valence-corrected chi connectivity index (χ0v) is 13.0. The summed E-state index contributed by atoms with van der Waals surface area (Å²) in [6.45, 7) is 1.31. The van der Waals surface area contributed by atoms with Crippen LogP contribution in [0.25, 0.3) is 0 Å². The third kappa shape index (κ3) is 4.78. The first-order valence-corrected chi connectivity index (χ1v) is 7.78. The zero-order valence-electron chi connectivity index (χ0n) is 12.2. The molecule has 0 aliphatic carbocycles. The van der Waals surface area contributed by atoms with Crippen molar-refractivity contribution in [2.75, 3.05) is 26.2 Å². The third-order valence-electron chi connectivity index (χ3n) is 3.44. The van der Waals surface area contributed by atoms with Crippen LogP contribution in [0.15, 0.2) is 29.2 Å². The Hall–Kier alpha value is -1.90. The second kappa shape index (κ2) is 7.12. The molecule has 5 nitrogen and oxygen atoms in total. The van der Waals surface area contributed by atoms with Crippen LogP contribution in [-0.4, -0.2) is 53.4 Å². The van der Waals surface area contributed by atoms with Gasteiger partial charge in [0.1, 0.15) is 0 Å². The molecule has 0 bridgehead atoms. The minimum absolute atomic E-state index is 0.0161. The summed E-state index contributed by atoms with van der Waals surface area (Å²) in [6, 6.07) is 5.09. The van der Waals surface area contributed by atoms with Crippen LogP contribution in [0.4, 0.5) is 18.0 Å². The van der Waals surface area contributed by atoms with E-state index < -0.39 is 17.4 Å². The molecular weight excluding hydrogens is 331 g/mol. The van der Waals surface area contributed by atoms with Crippen LogP contribution >= 0.6 is 11.8 Å². The summed E-state index contributed by atoms with van der Waals surface area (Å²) < 4.78 is 37.8. The van der Waals surface area contributed by atoms with Crippen molar-refractivity contribution in [3.05, 3.63) is 29.8 Å². The van der Waals surface area contributed by atoms with E-state index in [-0.39, 0.29) is 35.3 Å². The smallest absolute Gasteiger partial charge is 0.351 e. The molecule has 1 aliphatic heterocycles. The van der Waals surface area contributed by atoms with Gasteiger partial charge in [-0.1, -0.05) is 12.1 Å². The van der Waals surface area contributed by atoms with Gasteiger partial charge < -0.3 is 15.5 Å². The van der Waals surface area contributed by atoms with E-state index >= 15 is 0 Å². The number of benzene rings is 1. The molecule has 0 atom stereocenters. The van der Waals surface area contributed by atoms with Gasteiger partial charge in [-0.25, -0.2) is 4.79 Å². The van der Waals surface area contributed by atoms with Crippen molar-refractivity contribution in [2.45, 2.75) is 16.8 Å². The molecule has 1 aromatic rings. The number of alkyl halides is 3. The molecule has 126 valence electrons. The Bertz CT molecular complexity index is 595. The number of urea groups is 1. The molecule has 1 saturated heterocycles. The summed E-state index contributed by atoms with van der Waals surface area (Å²) >= 11 is -0.302. The van der Waals surface area contributed by atoms with Gasteiger partial charge >= 0.3 is 11.5 Å². The summed E-state index contributed by atoms with van der Waals surface area (Å²) in [4.78, 5) is 26.5. The minimum Gasteiger partial charge on any atom is -0.351 e. The van der Waals surface area contributed by atoms with Gasteiger partial charge in [-0.3, -0.25) is 4.79 Å². The number of nitrogens with two attached hydrogens (primary N) is 1. The van der Waals surface area contributed by atoms with Crippen LogP contribution in [0.5, 0.6) is 0 Å². The van der Waals surface area contributed by atoms with Crippen molar-refractivity contribution in [3.63, 3.8) is 0 Å². The maximum Gasteiger partial charge on any atom is 0.446 e. The van der Waals surface area contributed by atoms with E-state index in [1.165, 1.54) is 34.1 Å². The van der Waals surface area contributed by atoms with E-state index in [4.69, 9.17) is 5.73 Å². The van der Waals surface area contributed by atoms with Crippen molar-refractivity contribution >= 4 is 23.7 Å². The van der Waals surface area contributed by atoms with Crippen molar-refractivity contribution in [3.8, 4) is 0 Å². The number of carbonyl (C=O) groups is 2. The lowest BCUT2D eigenvalue weighted by atomic mass is 10.2. The van der Waals surface area contributed by atoms with Crippen LogP contribution < -0.4 is 5.73 Å². The summed E-state index contributed by atoms with van der Waals surface area (Å²) in [5.74, 6) is -0.469. The predicted octanol–water partition coefficient (Wildman–Crippen LogP) is 2.53. The SMILES string of the molecule is NC(=O)N1CCCN(C(=O)c2ccccc2SC(F)(F)F)CC1. The molecule has 1 aliphatic rings. The highest BCUT2D eigenvalue weighted by molar-refractivity contribution is 8.00. The van der Waals surface area contributed by atoms with Gasteiger partial charge in [0.25, 0.3) is 5.91 Å². The number of nitrogens with zero attached hydrogens (tertiary/aromatic N) is 2. The molecule has 1 heterocycles. The standard InChI is InChI=1S/C14H16F3N3O2S/c15-14(16,17)23-11-5-2-1-4-10(11)12(21)19-6-3-7-20(9-8-19)13(18)22/h1-2,4-5H,3,6-9H2,(H2,18,22). The van der Waals surface area contributed by atoms with Gasteiger partial charge in [0, 0.05) is 31.1 Å². The van der Waals surface area contributed by atoms with Crippen LogP contribution in [0.1, 0.15) is 16.8 Å². The maximum absolute atomic E-state index is 12.6. The summed E-state index contributed by atoms with van der Waals surface area (Å²) in [6.07, 6.45) is 0.531. The first kappa shape index (κ1) is 17.5. The lowest BCUT2D eigenvalue weighted by molar-refractivity contribution is -0.0328. The van der Waals surface area contributed by atoms with Gasteiger partial charge in [-0.05, 0) is 30.3 Å². The predicted molar refractivity (Wildman–Crippen MR) is 80.0 cm³/mol. The van der Waals surface area contributed by atoms with Crippen LogP contribution in [0.2, 0.25) is 0 Å². The molecule has 1 aromatic carbocycles. The van der Waals surface area contributed by atoms with Crippen molar-refractivity contribution in [1.82, 2.24) is 9.80 Å². The number of halogens is 3. The molecular formula is C14H16F3N3O2S. The second-order valence-corrected chi connectivity index (χ2v) is 6.12. The monoisotopic (exact) mass is 347 g/mol. The Morgan fingerprint density at radius 2 is 1.65 bits per heavy atom. The molecule has 1 fully saturated rings. The first-order chi connectivity index (χ1) is 10.8. The molecule has 2 N–H and O–H groups in total. The van der Waals surface area contributed by atoms with Gasteiger partial charge in [0.2, 0.25) is 0 Å². The van der Waals surface area contributed by atoms with E-state index in [2.05, 4.69) is 0 Å². The number of thioether (sulfide) groups is 1. The lowest BCUT2D eigenvalue weighted by Crippen LogP contribution is -2.39. The number of rotatable bonds is 2. The van der Waals surface area contributed by atoms with Crippen LogP contribution in [0.3, 0.4) is 0 Å². The maximum atomic E-state index is 12.6.